The summed E-state index contributed by atoms with van der Waals surface area (Å²) in [7, 11) is 2.24. The Balaban J connectivity index is 1.32. The number of hydrogen-bond donors (Lipinski definition) is 1. The summed E-state index contributed by atoms with van der Waals surface area (Å²) in [4.78, 5) is 17.8. The molecule has 32 heavy (non-hydrogen) atoms. The number of hydrogen-bond acceptors (Lipinski definition) is 4. The molecule has 0 bridgehead atoms. The van der Waals surface area contributed by atoms with Gasteiger partial charge in [-0.3, -0.25) is 4.98 Å². The van der Waals surface area contributed by atoms with Gasteiger partial charge in [-0.15, -0.1) is 0 Å². The third kappa shape index (κ3) is 3.42. The number of aromatic nitrogens is 1. The SMILES string of the molecule is C[N@+]1(CCc2ccccn2)CCCC1COC(=O)C1(O)c2ccccc2-c2ccccc21. The van der Waals surface area contributed by atoms with Gasteiger partial charge in [0.25, 0.3) is 0 Å². The van der Waals surface area contributed by atoms with E-state index in [1.807, 2.05) is 66.9 Å². The molecule has 1 unspecified atom stereocenters. The summed E-state index contributed by atoms with van der Waals surface area (Å²) >= 11 is 0. The minimum absolute atomic E-state index is 0.221. The van der Waals surface area contributed by atoms with Crippen LogP contribution < -0.4 is 0 Å². The number of likely N-dealkylation sites (tertiary alicyclic amines) is 1. The molecule has 5 rings (SSSR count). The van der Waals surface area contributed by atoms with Crippen molar-refractivity contribution in [3.8, 4) is 11.1 Å². The zero-order valence-electron chi connectivity index (χ0n) is 18.4. The Kier molecular flexibility index (Phi) is 5.31. The van der Waals surface area contributed by atoms with Crippen molar-refractivity contribution < 1.29 is 19.1 Å². The Labute approximate surface area is 188 Å². The zero-order chi connectivity index (χ0) is 22.2. The van der Waals surface area contributed by atoms with Crippen LogP contribution in [0.15, 0.2) is 72.9 Å². The van der Waals surface area contributed by atoms with E-state index in [4.69, 9.17) is 4.74 Å². The van der Waals surface area contributed by atoms with Gasteiger partial charge in [0, 0.05) is 42.3 Å². The van der Waals surface area contributed by atoms with Crippen LogP contribution in [0.2, 0.25) is 0 Å². The minimum atomic E-state index is -1.76. The fraction of sp³-hybridized carbons (Fsp3) is 0.333. The standard InChI is InChI=1S/C27H29N2O3/c1-29(18-15-20-9-6-7-16-28-20)17-8-10-21(29)19-32-26(30)27(31)24-13-4-2-11-22(24)23-12-3-5-14-25(23)27/h2-7,9,11-14,16,21,31H,8,10,15,17-19H2,1H3/q+1/t21?,29-/m1/s1. The fourth-order valence-corrected chi connectivity index (χ4v) is 5.36. The summed E-state index contributed by atoms with van der Waals surface area (Å²) in [6.07, 6.45) is 4.84. The average molecular weight is 430 g/mol. The molecule has 5 heteroatoms. The number of aliphatic hydroxyl groups is 1. The lowest BCUT2D eigenvalue weighted by Crippen LogP contribution is -2.52. The molecule has 1 aliphatic heterocycles. The highest BCUT2D eigenvalue weighted by Gasteiger charge is 2.50. The molecular formula is C27H29N2O3+. The molecule has 1 saturated heterocycles. The number of ether oxygens (including phenoxy) is 1. The van der Waals surface area contributed by atoms with Gasteiger partial charge in [-0.1, -0.05) is 54.6 Å². The third-order valence-electron chi connectivity index (χ3n) is 7.32. The third-order valence-corrected chi connectivity index (χ3v) is 7.32. The minimum Gasteiger partial charge on any atom is -0.457 e. The first-order valence-corrected chi connectivity index (χ1v) is 11.4. The Morgan fingerprint density at radius 3 is 2.38 bits per heavy atom. The number of nitrogens with zero attached hydrogens (tertiary/aromatic N) is 2. The molecule has 1 N–H and O–H groups in total. The first-order valence-electron chi connectivity index (χ1n) is 11.4. The first-order chi connectivity index (χ1) is 15.5. The number of benzene rings is 2. The number of fused-ring (bicyclic) bond motifs is 3. The van der Waals surface area contributed by atoms with Crippen LogP contribution in [0.1, 0.15) is 29.7 Å². The maximum Gasteiger partial charge on any atom is 0.347 e. The lowest BCUT2D eigenvalue weighted by molar-refractivity contribution is -0.921. The molecule has 0 amide bonds. The van der Waals surface area contributed by atoms with Crippen molar-refractivity contribution in [2.24, 2.45) is 0 Å². The van der Waals surface area contributed by atoms with E-state index in [9.17, 15) is 9.90 Å². The molecule has 1 aromatic heterocycles. The van der Waals surface area contributed by atoms with Crippen LogP contribution in [0, 0.1) is 0 Å². The molecule has 3 aromatic rings. The van der Waals surface area contributed by atoms with E-state index < -0.39 is 11.6 Å². The van der Waals surface area contributed by atoms with Gasteiger partial charge >= 0.3 is 5.97 Å². The van der Waals surface area contributed by atoms with Gasteiger partial charge in [0.1, 0.15) is 12.6 Å². The Bertz CT molecular complexity index is 1090. The topological polar surface area (TPSA) is 59.4 Å². The van der Waals surface area contributed by atoms with Crippen molar-refractivity contribution in [1.82, 2.24) is 4.98 Å². The van der Waals surface area contributed by atoms with E-state index in [-0.39, 0.29) is 6.04 Å². The number of likely N-dealkylation sites (N-methyl/N-ethyl adjacent to an activating group) is 1. The van der Waals surface area contributed by atoms with Crippen LogP contribution in [0.5, 0.6) is 0 Å². The van der Waals surface area contributed by atoms with E-state index in [1.54, 1.807) is 0 Å². The predicted molar refractivity (Wildman–Crippen MR) is 123 cm³/mol. The molecule has 5 nitrogen and oxygen atoms in total. The van der Waals surface area contributed by atoms with Gasteiger partial charge < -0.3 is 14.3 Å². The van der Waals surface area contributed by atoms with Gasteiger partial charge in [0.2, 0.25) is 5.60 Å². The molecule has 0 spiro atoms. The summed E-state index contributed by atoms with van der Waals surface area (Å²) in [5.74, 6) is -0.585. The lowest BCUT2D eigenvalue weighted by Gasteiger charge is -2.36. The van der Waals surface area contributed by atoms with Crippen LogP contribution in [0.25, 0.3) is 11.1 Å². The van der Waals surface area contributed by atoms with Crippen molar-refractivity contribution in [3.63, 3.8) is 0 Å². The number of pyridine rings is 1. The van der Waals surface area contributed by atoms with Gasteiger partial charge in [0.15, 0.2) is 0 Å². The number of esters is 1. The fourth-order valence-electron chi connectivity index (χ4n) is 5.36. The van der Waals surface area contributed by atoms with Crippen molar-refractivity contribution in [2.45, 2.75) is 30.9 Å². The second-order valence-electron chi connectivity index (χ2n) is 9.19. The zero-order valence-corrected chi connectivity index (χ0v) is 18.4. The quantitative estimate of drug-likeness (QED) is 0.480. The molecule has 2 aromatic carbocycles. The van der Waals surface area contributed by atoms with E-state index in [2.05, 4.69) is 18.1 Å². The Hall–Kier alpha value is -3.02. The Morgan fingerprint density at radius 1 is 1.06 bits per heavy atom. The van der Waals surface area contributed by atoms with Gasteiger partial charge in [-0.2, -0.15) is 0 Å². The van der Waals surface area contributed by atoms with Crippen LogP contribution in [-0.4, -0.2) is 53.3 Å². The second-order valence-corrected chi connectivity index (χ2v) is 9.19. The van der Waals surface area contributed by atoms with Gasteiger partial charge in [-0.25, -0.2) is 4.79 Å². The van der Waals surface area contributed by atoms with Crippen LogP contribution in [0.3, 0.4) is 0 Å². The predicted octanol–water partition coefficient (Wildman–Crippen LogP) is 3.69. The van der Waals surface area contributed by atoms with Gasteiger partial charge in [-0.05, 0) is 23.3 Å². The summed E-state index contributed by atoms with van der Waals surface area (Å²) in [6, 6.07) is 21.3. The van der Waals surface area contributed by atoms with Crippen molar-refractivity contribution in [1.29, 1.82) is 0 Å². The lowest BCUT2D eigenvalue weighted by atomic mass is 9.91. The van der Waals surface area contributed by atoms with E-state index in [1.165, 1.54) is 0 Å². The molecule has 0 radical (unpaired) electrons. The smallest absolute Gasteiger partial charge is 0.347 e. The maximum absolute atomic E-state index is 13.4. The molecule has 1 aliphatic carbocycles. The van der Waals surface area contributed by atoms with E-state index in [0.717, 1.165) is 53.7 Å². The monoisotopic (exact) mass is 429 g/mol. The molecule has 164 valence electrons. The van der Waals surface area contributed by atoms with Crippen LogP contribution >= 0.6 is 0 Å². The first kappa shape index (κ1) is 20.9. The summed E-state index contributed by atoms with van der Waals surface area (Å²) in [5.41, 5.74) is 2.31. The normalized spacial score (nSPS) is 22.9. The number of rotatable bonds is 6. The van der Waals surface area contributed by atoms with Crippen LogP contribution in [-0.2, 0) is 21.6 Å². The number of carbonyl (C=O) groups is 1. The molecular weight excluding hydrogens is 400 g/mol. The Morgan fingerprint density at radius 2 is 1.72 bits per heavy atom. The summed E-state index contributed by atoms with van der Waals surface area (Å²) in [5, 5.41) is 11.6. The van der Waals surface area contributed by atoms with Crippen molar-refractivity contribution in [2.75, 3.05) is 26.7 Å². The van der Waals surface area contributed by atoms with E-state index >= 15 is 0 Å². The van der Waals surface area contributed by atoms with E-state index in [0.29, 0.717) is 17.7 Å². The average Bonchev–Trinajstić information content (AvgIpc) is 3.33. The highest BCUT2D eigenvalue weighted by Crippen LogP contribution is 2.48. The number of carbonyl (C=O) groups excluding carboxylic acids is 1. The van der Waals surface area contributed by atoms with Crippen molar-refractivity contribution in [3.05, 3.63) is 89.7 Å². The highest BCUT2D eigenvalue weighted by molar-refractivity contribution is 5.96. The summed E-state index contributed by atoms with van der Waals surface area (Å²) in [6.45, 7) is 2.32. The maximum atomic E-state index is 13.4. The molecule has 1 fully saturated rings. The van der Waals surface area contributed by atoms with Crippen LogP contribution in [0.4, 0.5) is 0 Å². The molecule has 2 heterocycles. The summed E-state index contributed by atoms with van der Waals surface area (Å²) < 4.78 is 6.71. The molecule has 2 atom stereocenters. The van der Waals surface area contributed by atoms with Gasteiger partial charge in [0.05, 0.1) is 20.1 Å². The molecule has 0 saturated carbocycles. The number of quaternary nitrogens is 1. The second kappa shape index (κ2) is 8.15. The van der Waals surface area contributed by atoms with Crippen molar-refractivity contribution >= 4 is 5.97 Å². The molecule has 2 aliphatic rings. The largest absolute Gasteiger partial charge is 0.457 e. The highest BCUT2D eigenvalue weighted by atomic mass is 16.6.